The lowest BCUT2D eigenvalue weighted by molar-refractivity contribution is 0.244. The molecule has 0 bridgehead atoms. The van der Waals surface area contributed by atoms with Crippen LogP contribution in [0.3, 0.4) is 0 Å². The van der Waals surface area contributed by atoms with Crippen LogP contribution >= 0.6 is 0 Å². The minimum absolute atomic E-state index is 0.194. The number of halogens is 1. The Morgan fingerprint density at radius 2 is 1.82 bits per heavy atom. The lowest BCUT2D eigenvalue weighted by Crippen LogP contribution is -2.23. The molecule has 0 aliphatic carbocycles. The minimum atomic E-state index is -0.208. The van der Waals surface area contributed by atoms with E-state index in [1.807, 2.05) is 38.2 Å². The lowest BCUT2D eigenvalue weighted by Gasteiger charge is -2.24. The van der Waals surface area contributed by atoms with Crippen molar-refractivity contribution in [3.8, 4) is 0 Å². The van der Waals surface area contributed by atoms with Crippen molar-refractivity contribution in [2.75, 3.05) is 11.9 Å². The Morgan fingerprint density at radius 1 is 1.07 bits per heavy atom. The second-order valence-corrected chi connectivity index (χ2v) is 7.18. The van der Waals surface area contributed by atoms with Crippen molar-refractivity contribution < 1.29 is 4.39 Å². The molecule has 6 nitrogen and oxygen atoms in total. The van der Waals surface area contributed by atoms with E-state index in [2.05, 4.69) is 25.2 Å². The summed E-state index contributed by atoms with van der Waals surface area (Å²) in [5, 5.41) is 3.16. The maximum absolute atomic E-state index is 13.2. The molecule has 1 atom stereocenters. The van der Waals surface area contributed by atoms with E-state index in [1.54, 1.807) is 6.20 Å². The maximum Gasteiger partial charge on any atom is 0.228 e. The Morgan fingerprint density at radius 3 is 2.57 bits per heavy atom. The van der Waals surface area contributed by atoms with Crippen LogP contribution in [0, 0.1) is 19.7 Å². The third kappa shape index (κ3) is 4.31. The van der Waals surface area contributed by atoms with Crippen molar-refractivity contribution in [3.63, 3.8) is 0 Å². The second kappa shape index (κ2) is 7.98. The lowest BCUT2D eigenvalue weighted by atomic mass is 10.1. The first kappa shape index (κ1) is 18.4. The van der Waals surface area contributed by atoms with Gasteiger partial charge in [-0.25, -0.2) is 19.3 Å². The van der Waals surface area contributed by atoms with Gasteiger partial charge in [-0.15, -0.1) is 0 Å². The van der Waals surface area contributed by atoms with Gasteiger partial charge in [0.2, 0.25) is 5.95 Å². The Hall–Kier alpha value is -2.93. The molecular formula is C21H23FN6. The summed E-state index contributed by atoms with van der Waals surface area (Å²) in [7, 11) is 0. The van der Waals surface area contributed by atoms with Crippen LogP contribution in [0.1, 0.15) is 41.5 Å². The molecule has 2 aromatic heterocycles. The molecule has 7 heteroatoms. The first-order chi connectivity index (χ1) is 13.6. The summed E-state index contributed by atoms with van der Waals surface area (Å²) < 4.78 is 13.2. The van der Waals surface area contributed by atoms with E-state index < -0.39 is 0 Å². The third-order valence-electron chi connectivity index (χ3n) is 4.88. The molecule has 0 saturated carbocycles. The maximum atomic E-state index is 13.2. The molecule has 1 aromatic carbocycles. The SMILES string of the molecule is Cc1cc(C)nc(Nc2cncc([C@@H]3CCCN3Cc3ccc(F)cc3)n2)n1. The van der Waals surface area contributed by atoms with E-state index >= 15 is 0 Å². The van der Waals surface area contributed by atoms with Gasteiger partial charge in [0.1, 0.15) is 5.82 Å². The summed E-state index contributed by atoms with van der Waals surface area (Å²) in [6.07, 6.45) is 5.63. The normalized spacial score (nSPS) is 17.0. The summed E-state index contributed by atoms with van der Waals surface area (Å²) in [5.41, 5.74) is 3.83. The fourth-order valence-corrected chi connectivity index (χ4v) is 3.67. The predicted octanol–water partition coefficient (Wildman–Crippen LogP) is 4.10. The highest BCUT2D eigenvalue weighted by Gasteiger charge is 2.27. The van der Waals surface area contributed by atoms with Crippen LogP contribution in [0.2, 0.25) is 0 Å². The Labute approximate surface area is 163 Å². The quantitative estimate of drug-likeness (QED) is 0.721. The van der Waals surface area contributed by atoms with Crippen LogP contribution in [-0.4, -0.2) is 31.4 Å². The van der Waals surface area contributed by atoms with E-state index in [1.165, 1.54) is 12.1 Å². The van der Waals surface area contributed by atoms with Gasteiger partial charge >= 0.3 is 0 Å². The van der Waals surface area contributed by atoms with E-state index in [0.29, 0.717) is 11.8 Å². The fraction of sp³-hybridized carbons (Fsp3) is 0.333. The van der Waals surface area contributed by atoms with Crippen LogP contribution in [0.15, 0.2) is 42.7 Å². The van der Waals surface area contributed by atoms with Gasteiger partial charge in [-0.2, -0.15) is 0 Å². The number of aryl methyl sites for hydroxylation is 2. The summed E-state index contributed by atoms with van der Waals surface area (Å²) in [4.78, 5) is 20.3. The van der Waals surface area contributed by atoms with Crippen LogP contribution in [-0.2, 0) is 6.54 Å². The van der Waals surface area contributed by atoms with Gasteiger partial charge < -0.3 is 5.32 Å². The van der Waals surface area contributed by atoms with E-state index in [9.17, 15) is 4.39 Å². The van der Waals surface area contributed by atoms with Crippen molar-refractivity contribution in [2.45, 2.75) is 39.3 Å². The molecule has 3 heterocycles. The Kier molecular flexibility index (Phi) is 5.25. The number of hydrogen-bond acceptors (Lipinski definition) is 6. The van der Waals surface area contributed by atoms with Crippen molar-refractivity contribution in [1.29, 1.82) is 0 Å². The number of hydrogen-bond donors (Lipinski definition) is 1. The highest BCUT2D eigenvalue weighted by atomic mass is 19.1. The van der Waals surface area contributed by atoms with Crippen molar-refractivity contribution in [2.24, 2.45) is 0 Å². The second-order valence-electron chi connectivity index (χ2n) is 7.18. The molecule has 1 fully saturated rings. The topological polar surface area (TPSA) is 66.8 Å². The van der Waals surface area contributed by atoms with Crippen LogP contribution in [0.25, 0.3) is 0 Å². The summed E-state index contributed by atoms with van der Waals surface area (Å²) in [6.45, 7) is 5.63. The molecule has 1 aliphatic heterocycles. The number of benzene rings is 1. The molecular weight excluding hydrogens is 355 g/mol. The standard InChI is InChI=1S/C21H23FN6/c1-14-10-15(2)25-21(24-14)27-20-12-23-11-18(26-20)19-4-3-9-28(19)13-16-5-7-17(22)8-6-16/h5-8,10-12,19H,3-4,9,13H2,1-2H3,(H,24,25,26,27)/t19-/m0/s1. The molecule has 1 saturated heterocycles. The van der Waals surface area contributed by atoms with Gasteiger partial charge in [0.05, 0.1) is 24.1 Å². The molecule has 1 aliphatic rings. The molecule has 0 spiro atoms. The van der Waals surface area contributed by atoms with Crippen LogP contribution in [0.5, 0.6) is 0 Å². The highest BCUT2D eigenvalue weighted by molar-refractivity contribution is 5.46. The number of likely N-dealkylation sites (tertiary alicyclic amines) is 1. The number of rotatable bonds is 5. The van der Waals surface area contributed by atoms with Gasteiger partial charge in [-0.3, -0.25) is 9.88 Å². The molecule has 0 amide bonds. The molecule has 1 N–H and O–H groups in total. The van der Waals surface area contributed by atoms with Crippen molar-refractivity contribution in [1.82, 2.24) is 24.8 Å². The fourth-order valence-electron chi connectivity index (χ4n) is 3.67. The van der Waals surface area contributed by atoms with E-state index in [4.69, 9.17) is 4.98 Å². The average molecular weight is 378 g/mol. The summed E-state index contributed by atoms with van der Waals surface area (Å²) in [6, 6.07) is 8.82. The van der Waals surface area contributed by atoms with Gasteiger partial charge in [-0.05, 0) is 57.0 Å². The molecule has 4 rings (SSSR count). The van der Waals surface area contributed by atoms with Gasteiger partial charge in [0, 0.05) is 17.9 Å². The van der Waals surface area contributed by atoms with Crippen molar-refractivity contribution >= 4 is 11.8 Å². The van der Waals surface area contributed by atoms with Crippen LogP contribution < -0.4 is 5.32 Å². The van der Waals surface area contributed by atoms with Crippen molar-refractivity contribution in [3.05, 3.63) is 71.2 Å². The van der Waals surface area contributed by atoms with Crippen LogP contribution in [0.4, 0.5) is 16.2 Å². The Bertz CT molecular complexity index is 939. The summed E-state index contributed by atoms with van der Waals surface area (Å²) in [5.74, 6) is 0.953. The zero-order valence-electron chi connectivity index (χ0n) is 16.1. The third-order valence-corrected chi connectivity index (χ3v) is 4.88. The monoisotopic (exact) mass is 378 g/mol. The first-order valence-corrected chi connectivity index (χ1v) is 9.46. The van der Waals surface area contributed by atoms with Gasteiger partial charge in [0.15, 0.2) is 5.82 Å². The van der Waals surface area contributed by atoms with Gasteiger partial charge in [0.25, 0.3) is 0 Å². The van der Waals surface area contributed by atoms with Gasteiger partial charge in [-0.1, -0.05) is 12.1 Å². The molecule has 144 valence electrons. The largest absolute Gasteiger partial charge is 0.307 e. The predicted molar refractivity (Wildman–Crippen MR) is 106 cm³/mol. The number of nitrogens with one attached hydrogen (secondary N) is 1. The number of nitrogens with zero attached hydrogens (tertiary/aromatic N) is 5. The first-order valence-electron chi connectivity index (χ1n) is 9.46. The average Bonchev–Trinajstić information content (AvgIpc) is 3.11. The minimum Gasteiger partial charge on any atom is -0.307 e. The Balaban J connectivity index is 1.51. The molecule has 0 radical (unpaired) electrons. The van der Waals surface area contributed by atoms with E-state index in [-0.39, 0.29) is 11.9 Å². The summed E-state index contributed by atoms with van der Waals surface area (Å²) >= 11 is 0. The molecule has 28 heavy (non-hydrogen) atoms. The smallest absolute Gasteiger partial charge is 0.228 e. The zero-order chi connectivity index (χ0) is 19.5. The molecule has 0 unspecified atom stereocenters. The number of anilines is 2. The molecule has 3 aromatic rings. The highest BCUT2D eigenvalue weighted by Crippen LogP contribution is 2.32. The number of aromatic nitrogens is 4. The van der Waals surface area contributed by atoms with E-state index in [0.717, 1.165) is 48.6 Å². The zero-order valence-corrected chi connectivity index (χ0v) is 16.1.